The highest BCUT2D eigenvalue weighted by Gasteiger charge is 2.41. The minimum Gasteiger partial charge on any atom is -0.335 e. The molecule has 0 aromatic heterocycles. The van der Waals surface area contributed by atoms with E-state index in [-0.39, 0.29) is 29.4 Å². The monoisotopic (exact) mass is 313 g/mol. The van der Waals surface area contributed by atoms with Gasteiger partial charge in [0.05, 0.1) is 23.5 Å². The topological polar surface area (TPSA) is 54.5 Å². The lowest BCUT2D eigenvalue weighted by Gasteiger charge is -2.42. The molecule has 2 heterocycles. The van der Waals surface area contributed by atoms with E-state index in [1.165, 1.54) is 0 Å². The summed E-state index contributed by atoms with van der Waals surface area (Å²) in [5.74, 6) is -0.217. The van der Waals surface area contributed by atoms with Crippen LogP contribution >= 0.6 is 11.6 Å². The zero-order valence-electron chi connectivity index (χ0n) is 11.0. The molecule has 20 heavy (non-hydrogen) atoms. The van der Waals surface area contributed by atoms with E-state index >= 15 is 0 Å². The van der Waals surface area contributed by atoms with Gasteiger partial charge in [0.1, 0.15) is 0 Å². The first-order valence-corrected chi connectivity index (χ1v) is 8.92. The number of sulfone groups is 1. The molecule has 1 aromatic rings. The van der Waals surface area contributed by atoms with Crippen LogP contribution in [-0.4, -0.2) is 37.3 Å². The average molecular weight is 314 g/mol. The van der Waals surface area contributed by atoms with Gasteiger partial charge >= 0.3 is 0 Å². The fourth-order valence-corrected chi connectivity index (χ4v) is 4.77. The van der Waals surface area contributed by atoms with E-state index in [4.69, 9.17) is 11.6 Å². The highest BCUT2D eigenvalue weighted by molar-refractivity contribution is 7.91. The Labute approximate surface area is 123 Å². The van der Waals surface area contributed by atoms with Crippen molar-refractivity contribution in [3.8, 4) is 0 Å². The largest absolute Gasteiger partial charge is 0.335 e. The molecular formula is C14H16ClNO3S. The standard InChI is InChI=1S/C14H16ClNO3S/c15-12-3-1-10(2-4-12)13-5-7-16(13)14(17)11-6-8-20(18,19)9-11/h1-4,11,13H,5-9H2/t11-,13+/m0/s1. The predicted molar refractivity (Wildman–Crippen MR) is 77.3 cm³/mol. The van der Waals surface area contributed by atoms with Crippen LogP contribution in [0.15, 0.2) is 24.3 Å². The van der Waals surface area contributed by atoms with Gasteiger partial charge in [-0.1, -0.05) is 23.7 Å². The molecule has 108 valence electrons. The maximum atomic E-state index is 12.4. The van der Waals surface area contributed by atoms with Crippen LogP contribution in [0, 0.1) is 5.92 Å². The van der Waals surface area contributed by atoms with E-state index < -0.39 is 9.84 Å². The molecule has 6 heteroatoms. The number of carbonyl (C=O) groups is 1. The van der Waals surface area contributed by atoms with Crippen molar-refractivity contribution in [3.63, 3.8) is 0 Å². The Morgan fingerprint density at radius 3 is 2.40 bits per heavy atom. The van der Waals surface area contributed by atoms with E-state index in [1.807, 2.05) is 24.3 Å². The molecule has 2 saturated heterocycles. The summed E-state index contributed by atoms with van der Waals surface area (Å²) in [6.45, 7) is 0.711. The van der Waals surface area contributed by atoms with E-state index in [0.29, 0.717) is 18.0 Å². The van der Waals surface area contributed by atoms with Crippen molar-refractivity contribution < 1.29 is 13.2 Å². The lowest BCUT2D eigenvalue weighted by atomic mass is 9.92. The zero-order valence-corrected chi connectivity index (χ0v) is 12.5. The maximum absolute atomic E-state index is 12.4. The summed E-state index contributed by atoms with van der Waals surface area (Å²) in [5.41, 5.74) is 1.06. The van der Waals surface area contributed by atoms with Gasteiger partial charge in [0.15, 0.2) is 9.84 Å². The number of likely N-dealkylation sites (tertiary alicyclic amines) is 1. The maximum Gasteiger partial charge on any atom is 0.227 e. The van der Waals surface area contributed by atoms with Crippen molar-refractivity contribution in [2.75, 3.05) is 18.1 Å². The minimum absolute atomic E-state index is 0.00959. The summed E-state index contributed by atoms with van der Waals surface area (Å²) in [4.78, 5) is 14.2. The van der Waals surface area contributed by atoms with Gasteiger partial charge in [-0.3, -0.25) is 4.79 Å². The van der Waals surface area contributed by atoms with Crippen LogP contribution in [0.25, 0.3) is 0 Å². The molecule has 2 aliphatic rings. The van der Waals surface area contributed by atoms with Crippen LogP contribution in [0.5, 0.6) is 0 Å². The molecule has 2 atom stereocenters. The van der Waals surface area contributed by atoms with Crippen molar-refractivity contribution in [2.24, 2.45) is 5.92 Å². The van der Waals surface area contributed by atoms with Crippen LogP contribution in [0.4, 0.5) is 0 Å². The number of hydrogen-bond acceptors (Lipinski definition) is 3. The molecule has 2 aliphatic heterocycles. The first-order valence-electron chi connectivity index (χ1n) is 6.73. The summed E-state index contributed by atoms with van der Waals surface area (Å²) >= 11 is 5.86. The lowest BCUT2D eigenvalue weighted by molar-refractivity contribution is -0.142. The van der Waals surface area contributed by atoms with Gasteiger partial charge in [-0.15, -0.1) is 0 Å². The Bertz CT molecular complexity index is 626. The van der Waals surface area contributed by atoms with Gasteiger partial charge < -0.3 is 4.90 Å². The quantitative estimate of drug-likeness (QED) is 0.839. The van der Waals surface area contributed by atoms with E-state index in [1.54, 1.807) is 4.90 Å². The van der Waals surface area contributed by atoms with E-state index in [9.17, 15) is 13.2 Å². The molecule has 0 spiro atoms. The zero-order chi connectivity index (χ0) is 14.3. The number of benzene rings is 1. The Morgan fingerprint density at radius 1 is 1.20 bits per heavy atom. The Kier molecular flexibility index (Phi) is 3.50. The van der Waals surface area contributed by atoms with Gasteiger partial charge in [0.25, 0.3) is 0 Å². The number of carbonyl (C=O) groups excluding carboxylic acids is 1. The second-order valence-electron chi connectivity index (χ2n) is 5.49. The summed E-state index contributed by atoms with van der Waals surface area (Å²) in [6.07, 6.45) is 1.39. The normalized spacial score (nSPS) is 28.1. The third-order valence-corrected chi connectivity index (χ3v) is 6.16. The van der Waals surface area contributed by atoms with Crippen molar-refractivity contribution in [3.05, 3.63) is 34.9 Å². The van der Waals surface area contributed by atoms with Gasteiger partial charge in [-0.2, -0.15) is 0 Å². The third kappa shape index (κ3) is 2.56. The first-order chi connectivity index (χ1) is 9.46. The molecule has 1 amide bonds. The second-order valence-corrected chi connectivity index (χ2v) is 8.15. The van der Waals surface area contributed by atoms with Crippen LogP contribution in [-0.2, 0) is 14.6 Å². The predicted octanol–water partition coefficient (Wildman–Crippen LogP) is 2.05. The molecule has 0 bridgehead atoms. The van der Waals surface area contributed by atoms with Gasteiger partial charge in [-0.05, 0) is 30.5 Å². The fraction of sp³-hybridized carbons (Fsp3) is 0.500. The molecule has 0 saturated carbocycles. The molecule has 2 fully saturated rings. The van der Waals surface area contributed by atoms with Gasteiger partial charge in [0, 0.05) is 11.6 Å². The van der Waals surface area contributed by atoms with Crippen LogP contribution in [0.2, 0.25) is 5.02 Å². The smallest absolute Gasteiger partial charge is 0.227 e. The van der Waals surface area contributed by atoms with Crippen LogP contribution < -0.4 is 0 Å². The molecule has 0 unspecified atom stereocenters. The number of hydrogen-bond donors (Lipinski definition) is 0. The van der Waals surface area contributed by atoms with Crippen molar-refractivity contribution in [1.29, 1.82) is 0 Å². The minimum atomic E-state index is -3.01. The SMILES string of the molecule is O=C([C@H]1CCS(=O)(=O)C1)N1CC[C@@H]1c1ccc(Cl)cc1. The van der Waals surface area contributed by atoms with E-state index in [0.717, 1.165) is 12.0 Å². The first kappa shape index (κ1) is 13.9. The molecule has 0 radical (unpaired) electrons. The molecule has 0 aliphatic carbocycles. The summed E-state index contributed by atoms with van der Waals surface area (Å²) in [7, 11) is -3.01. The van der Waals surface area contributed by atoms with Crippen molar-refractivity contribution >= 4 is 27.3 Å². The molecular weight excluding hydrogens is 298 g/mol. The molecule has 4 nitrogen and oxygen atoms in total. The Balaban J connectivity index is 1.72. The van der Waals surface area contributed by atoms with Crippen LogP contribution in [0.3, 0.4) is 0 Å². The molecule has 0 N–H and O–H groups in total. The highest BCUT2D eigenvalue weighted by Crippen LogP contribution is 2.36. The lowest BCUT2D eigenvalue weighted by Crippen LogP contribution is -2.48. The van der Waals surface area contributed by atoms with E-state index in [2.05, 4.69) is 0 Å². The number of amides is 1. The van der Waals surface area contributed by atoms with Gasteiger partial charge in [-0.25, -0.2) is 8.42 Å². The summed E-state index contributed by atoms with van der Waals surface area (Å²) in [6, 6.07) is 7.56. The second kappa shape index (κ2) is 5.04. The van der Waals surface area contributed by atoms with Crippen molar-refractivity contribution in [2.45, 2.75) is 18.9 Å². The Morgan fingerprint density at radius 2 is 1.90 bits per heavy atom. The van der Waals surface area contributed by atoms with Gasteiger partial charge in [0.2, 0.25) is 5.91 Å². The molecule has 3 rings (SSSR count). The highest BCUT2D eigenvalue weighted by atomic mass is 35.5. The number of rotatable bonds is 2. The Hall–Kier alpha value is -1.07. The van der Waals surface area contributed by atoms with Crippen LogP contribution in [0.1, 0.15) is 24.4 Å². The number of nitrogens with zero attached hydrogens (tertiary/aromatic N) is 1. The molecule has 1 aromatic carbocycles. The fourth-order valence-electron chi connectivity index (χ4n) is 2.91. The summed E-state index contributed by atoms with van der Waals surface area (Å²) in [5, 5.41) is 0.674. The number of halogens is 1. The summed E-state index contributed by atoms with van der Waals surface area (Å²) < 4.78 is 23.0. The van der Waals surface area contributed by atoms with Crippen molar-refractivity contribution in [1.82, 2.24) is 4.90 Å². The third-order valence-electron chi connectivity index (χ3n) is 4.14. The average Bonchev–Trinajstić information content (AvgIpc) is 2.71.